The molecule has 0 unspecified atom stereocenters. The highest BCUT2D eigenvalue weighted by molar-refractivity contribution is 9.10. The van der Waals surface area contributed by atoms with Crippen LogP contribution in [0.3, 0.4) is 0 Å². The standard InChI is InChI=1S/C15H24BrNO/c1-5-9-18-14-8-7-12(10-13(14)16)11-17-15(3,4)6-2/h7-8,10,17H,5-6,9,11H2,1-4H3. The fraction of sp³-hybridized carbons (Fsp3) is 0.600. The van der Waals surface area contributed by atoms with Gasteiger partial charge in [-0.3, -0.25) is 0 Å². The van der Waals surface area contributed by atoms with Crippen molar-refractivity contribution in [3.63, 3.8) is 0 Å². The van der Waals surface area contributed by atoms with E-state index < -0.39 is 0 Å². The molecule has 1 N–H and O–H groups in total. The maximum Gasteiger partial charge on any atom is 0.133 e. The summed E-state index contributed by atoms with van der Waals surface area (Å²) in [5.41, 5.74) is 1.45. The maximum atomic E-state index is 5.64. The van der Waals surface area contributed by atoms with E-state index in [0.29, 0.717) is 0 Å². The van der Waals surface area contributed by atoms with E-state index >= 15 is 0 Å². The molecular formula is C15H24BrNO. The van der Waals surface area contributed by atoms with Crippen molar-refractivity contribution in [2.24, 2.45) is 0 Å². The molecule has 0 aliphatic heterocycles. The van der Waals surface area contributed by atoms with Gasteiger partial charge in [-0.05, 0) is 60.3 Å². The first-order valence-electron chi connectivity index (χ1n) is 6.64. The minimum atomic E-state index is 0.184. The summed E-state index contributed by atoms with van der Waals surface area (Å²) in [5, 5.41) is 3.55. The number of ether oxygens (including phenoxy) is 1. The van der Waals surface area contributed by atoms with Crippen LogP contribution in [0.2, 0.25) is 0 Å². The Balaban J connectivity index is 2.61. The first-order chi connectivity index (χ1) is 8.48. The molecule has 0 fully saturated rings. The van der Waals surface area contributed by atoms with E-state index in [-0.39, 0.29) is 5.54 Å². The molecule has 0 amide bonds. The Morgan fingerprint density at radius 3 is 2.56 bits per heavy atom. The van der Waals surface area contributed by atoms with Gasteiger partial charge >= 0.3 is 0 Å². The fourth-order valence-electron chi connectivity index (χ4n) is 1.45. The van der Waals surface area contributed by atoms with Gasteiger partial charge in [0.1, 0.15) is 5.75 Å². The summed E-state index contributed by atoms with van der Waals surface area (Å²) in [4.78, 5) is 0. The van der Waals surface area contributed by atoms with E-state index in [1.165, 1.54) is 5.56 Å². The topological polar surface area (TPSA) is 21.3 Å². The molecule has 0 aromatic heterocycles. The Labute approximate surface area is 119 Å². The van der Waals surface area contributed by atoms with Crippen molar-refractivity contribution >= 4 is 15.9 Å². The van der Waals surface area contributed by atoms with Crippen LogP contribution in [-0.2, 0) is 6.54 Å². The molecule has 2 nitrogen and oxygen atoms in total. The first-order valence-corrected chi connectivity index (χ1v) is 7.44. The van der Waals surface area contributed by atoms with Crippen molar-refractivity contribution in [3.05, 3.63) is 28.2 Å². The molecule has 0 heterocycles. The van der Waals surface area contributed by atoms with Gasteiger partial charge in [-0.1, -0.05) is 19.9 Å². The minimum absolute atomic E-state index is 0.184. The van der Waals surface area contributed by atoms with E-state index in [0.717, 1.165) is 36.2 Å². The summed E-state index contributed by atoms with van der Waals surface area (Å²) in [6.07, 6.45) is 2.15. The van der Waals surface area contributed by atoms with Crippen LogP contribution in [0.5, 0.6) is 5.75 Å². The summed E-state index contributed by atoms with van der Waals surface area (Å²) >= 11 is 3.56. The van der Waals surface area contributed by atoms with Gasteiger partial charge in [0.25, 0.3) is 0 Å². The molecule has 0 saturated heterocycles. The van der Waals surface area contributed by atoms with E-state index in [4.69, 9.17) is 4.74 Å². The quantitative estimate of drug-likeness (QED) is 0.799. The highest BCUT2D eigenvalue weighted by Crippen LogP contribution is 2.26. The second kappa shape index (κ2) is 7.15. The summed E-state index contributed by atoms with van der Waals surface area (Å²) in [7, 11) is 0. The van der Waals surface area contributed by atoms with Gasteiger partial charge in [0.15, 0.2) is 0 Å². The number of nitrogens with one attached hydrogen (secondary N) is 1. The molecular weight excluding hydrogens is 290 g/mol. The van der Waals surface area contributed by atoms with Gasteiger partial charge in [0, 0.05) is 12.1 Å². The van der Waals surface area contributed by atoms with Gasteiger partial charge in [-0.15, -0.1) is 0 Å². The number of rotatable bonds is 7. The summed E-state index contributed by atoms with van der Waals surface area (Å²) < 4.78 is 6.67. The van der Waals surface area contributed by atoms with E-state index in [1.54, 1.807) is 0 Å². The average Bonchev–Trinajstić information content (AvgIpc) is 2.35. The molecule has 1 rings (SSSR count). The van der Waals surface area contributed by atoms with Crippen molar-refractivity contribution in [2.45, 2.75) is 52.6 Å². The Hall–Kier alpha value is -0.540. The van der Waals surface area contributed by atoms with E-state index in [1.807, 2.05) is 6.07 Å². The summed E-state index contributed by atoms with van der Waals surface area (Å²) in [6.45, 7) is 10.4. The monoisotopic (exact) mass is 313 g/mol. The summed E-state index contributed by atoms with van der Waals surface area (Å²) in [5.74, 6) is 0.926. The van der Waals surface area contributed by atoms with Crippen LogP contribution >= 0.6 is 15.9 Å². The highest BCUT2D eigenvalue weighted by atomic mass is 79.9. The molecule has 0 bridgehead atoms. The van der Waals surface area contributed by atoms with Crippen LogP contribution in [0.15, 0.2) is 22.7 Å². The van der Waals surface area contributed by atoms with Gasteiger partial charge in [-0.2, -0.15) is 0 Å². The Morgan fingerprint density at radius 2 is 2.00 bits per heavy atom. The molecule has 0 atom stereocenters. The SMILES string of the molecule is CCCOc1ccc(CNC(C)(C)CC)cc1Br. The Morgan fingerprint density at radius 1 is 1.28 bits per heavy atom. The normalized spacial score (nSPS) is 11.6. The fourth-order valence-corrected chi connectivity index (χ4v) is 1.99. The molecule has 1 aromatic rings. The first kappa shape index (κ1) is 15.5. The molecule has 0 aliphatic rings. The second-order valence-electron chi connectivity index (χ2n) is 5.20. The number of hydrogen-bond donors (Lipinski definition) is 1. The Kier molecular flexibility index (Phi) is 6.16. The zero-order chi connectivity index (χ0) is 13.6. The lowest BCUT2D eigenvalue weighted by atomic mass is 10.0. The molecule has 1 aromatic carbocycles. The van der Waals surface area contributed by atoms with Crippen molar-refractivity contribution < 1.29 is 4.74 Å². The van der Waals surface area contributed by atoms with E-state index in [9.17, 15) is 0 Å². The second-order valence-corrected chi connectivity index (χ2v) is 6.06. The van der Waals surface area contributed by atoms with Gasteiger partial charge in [0.2, 0.25) is 0 Å². The van der Waals surface area contributed by atoms with Crippen LogP contribution in [0.1, 0.15) is 46.1 Å². The zero-order valence-electron chi connectivity index (χ0n) is 11.8. The highest BCUT2D eigenvalue weighted by Gasteiger charge is 2.13. The minimum Gasteiger partial charge on any atom is -0.492 e. The van der Waals surface area contributed by atoms with Gasteiger partial charge in [-0.25, -0.2) is 0 Å². The van der Waals surface area contributed by atoms with Crippen molar-refractivity contribution in [3.8, 4) is 5.75 Å². The van der Waals surface area contributed by atoms with Crippen molar-refractivity contribution in [2.75, 3.05) is 6.61 Å². The molecule has 0 spiro atoms. The third-order valence-corrected chi connectivity index (χ3v) is 3.73. The van der Waals surface area contributed by atoms with Gasteiger partial charge in [0.05, 0.1) is 11.1 Å². The zero-order valence-corrected chi connectivity index (χ0v) is 13.4. The Bertz CT molecular complexity index is 377. The lowest BCUT2D eigenvalue weighted by molar-refractivity contribution is 0.315. The third kappa shape index (κ3) is 4.99. The smallest absolute Gasteiger partial charge is 0.133 e. The van der Waals surface area contributed by atoms with E-state index in [2.05, 4.69) is 61.1 Å². The molecule has 3 heteroatoms. The molecule has 102 valence electrons. The van der Waals surface area contributed by atoms with Crippen LogP contribution < -0.4 is 10.1 Å². The lowest BCUT2D eigenvalue weighted by Crippen LogP contribution is -2.37. The van der Waals surface area contributed by atoms with Crippen LogP contribution in [0.25, 0.3) is 0 Å². The predicted octanol–water partition coefficient (Wildman–Crippen LogP) is 4.52. The lowest BCUT2D eigenvalue weighted by Gasteiger charge is -2.24. The molecule has 0 aliphatic carbocycles. The van der Waals surface area contributed by atoms with Crippen LogP contribution in [-0.4, -0.2) is 12.1 Å². The van der Waals surface area contributed by atoms with Crippen molar-refractivity contribution in [1.29, 1.82) is 0 Å². The number of benzene rings is 1. The van der Waals surface area contributed by atoms with Crippen LogP contribution in [0.4, 0.5) is 0 Å². The predicted molar refractivity (Wildman–Crippen MR) is 81.1 cm³/mol. The molecule has 0 radical (unpaired) electrons. The van der Waals surface area contributed by atoms with Crippen molar-refractivity contribution in [1.82, 2.24) is 5.32 Å². The average molecular weight is 314 g/mol. The molecule has 18 heavy (non-hydrogen) atoms. The third-order valence-electron chi connectivity index (χ3n) is 3.11. The van der Waals surface area contributed by atoms with Crippen LogP contribution in [0, 0.1) is 0 Å². The summed E-state index contributed by atoms with van der Waals surface area (Å²) in [6, 6.07) is 6.29. The largest absolute Gasteiger partial charge is 0.492 e. The van der Waals surface area contributed by atoms with Gasteiger partial charge < -0.3 is 10.1 Å². The molecule has 0 saturated carbocycles. The number of halogens is 1. The maximum absolute atomic E-state index is 5.64. The number of hydrogen-bond acceptors (Lipinski definition) is 2.